The van der Waals surface area contributed by atoms with E-state index in [0.717, 1.165) is 0 Å². The van der Waals surface area contributed by atoms with Gasteiger partial charge < -0.3 is 0 Å². The van der Waals surface area contributed by atoms with E-state index in [0.29, 0.717) is 28.4 Å². The summed E-state index contributed by atoms with van der Waals surface area (Å²) in [4.78, 5) is 25.7. The van der Waals surface area contributed by atoms with Crippen LogP contribution in [0.1, 0.15) is 13.8 Å². The topological polar surface area (TPSA) is 65.3 Å². The second-order valence-electron chi connectivity index (χ2n) is 6.42. The number of carbonyl (C=O) groups excluding carboxylic acids is 2. The molecule has 4 rings (SSSR count). The van der Waals surface area contributed by atoms with Gasteiger partial charge in [0.05, 0.1) is 34.3 Å². The number of carbonyl (C=O) groups is 2. The maximum absolute atomic E-state index is 12.9. The molecule has 0 N–H and O–H groups in total. The van der Waals surface area contributed by atoms with Gasteiger partial charge in [0.15, 0.2) is 0 Å². The van der Waals surface area contributed by atoms with Gasteiger partial charge >= 0.3 is 0 Å². The smallest absolute Gasteiger partial charge is 0.271 e. The molecule has 2 aromatic rings. The first-order valence-corrected chi connectivity index (χ1v) is 8.67. The average Bonchev–Trinajstić information content (AvgIpc) is 3.14. The molecular formula is C21H18N4O2. The van der Waals surface area contributed by atoms with Gasteiger partial charge in [0, 0.05) is 0 Å². The second kappa shape index (κ2) is 6.64. The Balaban J connectivity index is 1.63. The van der Waals surface area contributed by atoms with Crippen molar-refractivity contribution in [3.05, 3.63) is 72.3 Å². The number of hydrazone groups is 2. The van der Waals surface area contributed by atoms with Crippen LogP contribution in [-0.2, 0) is 9.59 Å². The Hall–Kier alpha value is -3.54. The summed E-state index contributed by atoms with van der Waals surface area (Å²) in [6, 6.07) is 18.5. The van der Waals surface area contributed by atoms with Crippen LogP contribution in [0.25, 0.3) is 0 Å². The van der Waals surface area contributed by atoms with Gasteiger partial charge in [0.25, 0.3) is 11.8 Å². The highest BCUT2D eigenvalue weighted by Gasteiger charge is 2.36. The molecule has 2 aliphatic rings. The minimum absolute atomic E-state index is 0.176. The lowest BCUT2D eigenvalue weighted by Gasteiger charge is -2.13. The van der Waals surface area contributed by atoms with E-state index in [1.54, 1.807) is 19.9 Å². The normalized spacial score (nSPS) is 21.1. The van der Waals surface area contributed by atoms with E-state index in [1.807, 2.05) is 60.7 Å². The molecule has 1 unspecified atom stereocenters. The molecule has 1 atom stereocenters. The molecule has 0 aromatic heterocycles. The van der Waals surface area contributed by atoms with Gasteiger partial charge in [-0.05, 0) is 38.1 Å². The summed E-state index contributed by atoms with van der Waals surface area (Å²) >= 11 is 0. The van der Waals surface area contributed by atoms with Crippen molar-refractivity contribution in [1.82, 2.24) is 0 Å². The van der Waals surface area contributed by atoms with Crippen LogP contribution in [0.4, 0.5) is 11.4 Å². The third-order valence-corrected chi connectivity index (χ3v) is 4.58. The van der Waals surface area contributed by atoms with Crippen LogP contribution < -0.4 is 10.0 Å². The quantitative estimate of drug-likeness (QED) is 0.790. The molecular weight excluding hydrogens is 340 g/mol. The summed E-state index contributed by atoms with van der Waals surface area (Å²) in [6.45, 7) is 3.57. The van der Waals surface area contributed by atoms with Crippen LogP contribution in [0.2, 0.25) is 0 Å². The van der Waals surface area contributed by atoms with Crippen molar-refractivity contribution in [3.63, 3.8) is 0 Å². The molecule has 0 fully saturated rings. The minimum Gasteiger partial charge on any atom is -0.271 e. The molecule has 0 aliphatic carbocycles. The molecule has 2 amide bonds. The van der Waals surface area contributed by atoms with E-state index in [2.05, 4.69) is 10.2 Å². The SMILES string of the molecule is CC1=NN(c2ccccc2)C(=O)/C1=C/C1C(=O)N(c2ccccc2)N=C1C. The standard InChI is InChI=1S/C21H18N4O2/c1-14-18(20(26)24(22-14)16-9-5-3-6-10-16)13-19-15(2)23-25(21(19)27)17-11-7-4-8-12-17/h3-13,18H,1-2H3/b19-13+. The highest BCUT2D eigenvalue weighted by Crippen LogP contribution is 2.28. The fourth-order valence-corrected chi connectivity index (χ4v) is 3.15. The van der Waals surface area contributed by atoms with Crippen molar-refractivity contribution in [2.75, 3.05) is 10.0 Å². The number of amides is 2. The summed E-state index contributed by atoms with van der Waals surface area (Å²) in [5.41, 5.74) is 3.07. The lowest BCUT2D eigenvalue weighted by Crippen LogP contribution is -2.27. The zero-order chi connectivity index (χ0) is 19.0. The number of para-hydroxylation sites is 2. The summed E-state index contributed by atoms with van der Waals surface area (Å²) in [7, 11) is 0. The van der Waals surface area contributed by atoms with Crippen molar-refractivity contribution in [1.29, 1.82) is 0 Å². The fraction of sp³-hybridized carbons (Fsp3) is 0.143. The van der Waals surface area contributed by atoms with Gasteiger partial charge in [-0.1, -0.05) is 42.5 Å². The van der Waals surface area contributed by atoms with Gasteiger partial charge in [-0.15, -0.1) is 0 Å². The molecule has 2 heterocycles. The first kappa shape index (κ1) is 16.9. The largest absolute Gasteiger partial charge is 0.280 e. The Kier molecular flexibility index (Phi) is 4.16. The molecule has 6 heteroatoms. The molecule has 0 bridgehead atoms. The van der Waals surface area contributed by atoms with Crippen LogP contribution in [0, 0.1) is 5.92 Å². The van der Waals surface area contributed by atoms with Crippen LogP contribution in [0.5, 0.6) is 0 Å². The third-order valence-electron chi connectivity index (χ3n) is 4.58. The lowest BCUT2D eigenvalue weighted by atomic mass is 9.98. The Morgan fingerprint density at radius 1 is 0.815 bits per heavy atom. The van der Waals surface area contributed by atoms with E-state index >= 15 is 0 Å². The van der Waals surface area contributed by atoms with Crippen LogP contribution >= 0.6 is 0 Å². The Morgan fingerprint density at radius 3 is 1.96 bits per heavy atom. The molecule has 2 aromatic carbocycles. The highest BCUT2D eigenvalue weighted by molar-refractivity contribution is 6.30. The van der Waals surface area contributed by atoms with E-state index in [4.69, 9.17) is 0 Å². The van der Waals surface area contributed by atoms with Crippen LogP contribution in [-0.4, -0.2) is 23.2 Å². The fourth-order valence-electron chi connectivity index (χ4n) is 3.15. The monoisotopic (exact) mass is 358 g/mol. The zero-order valence-electron chi connectivity index (χ0n) is 15.0. The first-order chi connectivity index (χ1) is 13.1. The van der Waals surface area contributed by atoms with Crippen molar-refractivity contribution >= 4 is 34.6 Å². The predicted molar refractivity (Wildman–Crippen MR) is 106 cm³/mol. The third kappa shape index (κ3) is 2.95. The molecule has 2 aliphatic heterocycles. The van der Waals surface area contributed by atoms with Crippen molar-refractivity contribution in [2.24, 2.45) is 16.1 Å². The highest BCUT2D eigenvalue weighted by atomic mass is 16.2. The van der Waals surface area contributed by atoms with E-state index in [9.17, 15) is 9.59 Å². The molecule has 6 nitrogen and oxygen atoms in total. The van der Waals surface area contributed by atoms with Crippen molar-refractivity contribution in [2.45, 2.75) is 13.8 Å². The number of rotatable bonds is 3. The number of hydrogen-bond acceptors (Lipinski definition) is 4. The van der Waals surface area contributed by atoms with Gasteiger partial charge in [-0.2, -0.15) is 20.2 Å². The molecule has 0 spiro atoms. The van der Waals surface area contributed by atoms with Gasteiger partial charge in [-0.25, -0.2) is 0 Å². The number of anilines is 2. The zero-order valence-corrected chi connectivity index (χ0v) is 15.0. The average molecular weight is 358 g/mol. The Morgan fingerprint density at radius 2 is 1.37 bits per heavy atom. The van der Waals surface area contributed by atoms with Gasteiger partial charge in [-0.3, -0.25) is 9.59 Å². The summed E-state index contributed by atoms with van der Waals surface area (Å²) in [5, 5.41) is 11.5. The molecule has 27 heavy (non-hydrogen) atoms. The maximum atomic E-state index is 12.9. The molecule has 134 valence electrons. The number of hydrogen-bond donors (Lipinski definition) is 0. The lowest BCUT2D eigenvalue weighted by molar-refractivity contribution is -0.118. The Labute approximate surface area is 157 Å². The van der Waals surface area contributed by atoms with Crippen molar-refractivity contribution in [3.8, 4) is 0 Å². The molecule has 0 radical (unpaired) electrons. The number of nitrogens with zero attached hydrogens (tertiary/aromatic N) is 4. The minimum atomic E-state index is -0.579. The Bertz CT molecular complexity index is 993. The van der Waals surface area contributed by atoms with E-state index in [1.165, 1.54) is 10.0 Å². The summed E-state index contributed by atoms with van der Waals surface area (Å²) in [5.74, 6) is -0.993. The van der Waals surface area contributed by atoms with Crippen LogP contribution in [0.15, 0.2) is 82.5 Å². The summed E-state index contributed by atoms with van der Waals surface area (Å²) < 4.78 is 0. The maximum Gasteiger partial charge on any atom is 0.280 e. The number of benzene rings is 2. The second-order valence-corrected chi connectivity index (χ2v) is 6.42. The first-order valence-electron chi connectivity index (χ1n) is 8.67. The van der Waals surface area contributed by atoms with E-state index in [-0.39, 0.29) is 11.8 Å². The van der Waals surface area contributed by atoms with Crippen LogP contribution in [0.3, 0.4) is 0 Å². The van der Waals surface area contributed by atoms with Gasteiger partial charge in [0.1, 0.15) is 0 Å². The van der Waals surface area contributed by atoms with E-state index < -0.39 is 5.92 Å². The molecule has 0 saturated carbocycles. The summed E-state index contributed by atoms with van der Waals surface area (Å²) in [6.07, 6.45) is 1.67. The molecule has 0 saturated heterocycles. The van der Waals surface area contributed by atoms with Crippen molar-refractivity contribution < 1.29 is 9.59 Å². The van der Waals surface area contributed by atoms with Gasteiger partial charge in [0.2, 0.25) is 0 Å². The predicted octanol–water partition coefficient (Wildman–Crippen LogP) is 3.37.